The average molecular weight is 911 g/mol. The van der Waals surface area contributed by atoms with E-state index in [0.29, 0.717) is 19.5 Å². The molecule has 0 aliphatic carbocycles. The van der Waals surface area contributed by atoms with E-state index in [1.165, 1.54) is 4.90 Å². The Bertz CT molecular complexity index is 2030. The molecule has 1 aromatic carbocycles. The molecule has 1 aromatic heterocycles. The lowest BCUT2D eigenvalue weighted by Crippen LogP contribution is -2.61. The normalized spacial score (nSPS) is 34.8. The van der Waals surface area contributed by atoms with Gasteiger partial charge in [0.25, 0.3) is 0 Å². The molecule has 3 aliphatic heterocycles. The molecule has 65 heavy (non-hydrogen) atoms. The van der Waals surface area contributed by atoms with E-state index >= 15 is 0 Å². The highest BCUT2D eigenvalue weighted by Gasteiger charge is 2.58. The van der Waals surface area contributed by atoms with Gasteiger partial charge in [0.2, 0.25) is 0 Å². The number of hydrogen-bond donors (Lipinski definition) is 2. The maximum Gasteiger partial charge on any atom is 0.509 e. The highest BCUT2D eigenvalue weighted by Crippen LogP contribution is 2.42. The number of rotatable bonds is 11. The monoisotopic (exact) mass is 910 g/mol. The number of likely N-dealkylation sites (N-methyl/N-ethyl adjacent to an activating group) is 1. The fraction of sp³-hybridized carbons (Fsp3) is 0.667. The van der Waals surface area contributed by atoms with Crippen LogP contribution >= 0.6 is 0 Å². The average Bonchev–Trinajstić information content (AvgIpc) is 3.58. The van der Waals surface area contributed by atoms with Gasteiger partial charge in [-0.05, 0) is 98.7 Å². The van der Waals surface area contributed by atoms with E-state index in [4.69, 9.17) is 33.2 Å². The number of cyclic esters (lactones) is 1. The topological polar surface area (TPSA) is 202 Å². The molecule has 0 bridgehead atoms. The second-order valence-electron chi connectivity index (χ2n) is 18.5. The number of esters is 1. The molecule has 3 aliphatic rings. The summed E-state index contributed by atoms with van der Waals surface area (Å²) in [4.78, 5) is 77.9. The van der Waals surface area contributed by atoms with Gasteiger partial charge >= 0.3 is 24.3 Å². The molecule has 2 N–H and O–H groups in total. The number of amides is 2. The summed E-state index contributed by atoms with van der Waals surface area (Å²) in [7, 11) is 3.66. The summed E-state index contributed by atoms with van der Waals surface area (Å²) in [5.41, 5.74) is -1.67. The molecule has 0 spiro atoms. The predicted octanol–water partition coefficient (Wildman–Crippen LogP) is 6.52. The van der Waals surface area contributed by atoms with Gasteiger partial charge in [0, 0.05) is 48.5 Å². The van der Waals surface area contributed by atoms with Crippen LogP contribution in [-0.2, 0) is 42.7 Å². The van der Waals surface area contributed by atoms with Crippen LogP contribution in [0.2, 0.25) is 0 Å². The van der Waals surface area contributed by atoms with Gasteiger partial charge in [0.1, 0.15) is 42.4 Å². The Morgan fingerprint density at radius 3 is 2.37 bits per heavy atom. The van der Waals surface area contributed by atoms with Crippen LogP contribution < -0.4 is 5.32 Å². The zero-order chi connectivity index (χ0) is 48.0. The number of aliphatic hydroxyl groups excluding tert-OH is 1. The van der Waals surface area contributed by atoms with Crippen molar-refractivity contribution >= 4 is 47.1 Å². The molecule has 17 nitrogen and oxygen atoms in total. The summed E-state index contributed by atoms with van der Waals surface area (Å²) in [5, 5.41) is 15.5. The van der Waals surface area contributed by atoms with Crippen molar-refractivity contribution in [3.63, 3.8) is 0 Å². The smallest absolute Gasteiger partial charge is 0.458 e. The number of alkyl carbamates (subject to hydrolysis) is 1. The Morgan fingerprint density at radius 1 is 1.02 bits per heavy atom. The molecule has 0 radical (unpaired) electrons. The summed E-state index contributed by atoms with van der Waals surface area (Å²) in [6, 6.07) is 8.29. The molecule has 14 atom stereocenters. The Kier molecular flexibility index (Phi) is 17.0. The fourth-order valence-corrected chi connectivity index (χ4v) is 9.81. The second kappa shape index (κ2) is 21.6. The largest absolute Gasteiger partial charge is 0.509 e. The summed E-state index contributed by atoms with van der Waals surface area (Å²) in [6.07, 6.45) is -3.57. The lowest BCUT2D eigenvalue weighted by Gasteiger charge is -2.48. The molecule has 0 unspecified atom stereocenters. The van der Waals surface area contributed by atoms with Crippen molar-refractivity contribution in [2.24, 2.45) is 23.7 Å². The Morgan fingerprint density at radius 2 is 1.71 bits per heavy atom. The van der Waals surface area contributed by atoms with E-state index in [9.17, 15) is 29.1 Å². The molecule has 3 saturated heterocycles. The molecule has 2 aromatic rings. The lowest BCUT2D eigenvalue weighted by atomic mass is 9.73. The van der Waals surface area contributed by atoms with Crippen LogP contribution in [0.25, 0.3) is 17.0 Å². The number of ketones is 1. The van der Waals surface area contributed by atoms with Crippen LogP contribution in [0.5, 0.6) is 0 Å². The number of hydrogen-bond acceptors (Lipinski definition) is 15. The van der Waals surface area contributed by atoms with Crippen molar-refractivity contribution < 1.29 is 62.2 Å². The van der Waals surface area contributed by atoms with Crippen molar-refractivity contribution in [3.8, 4) is 0 Å². The Hall–Kier alpha value is -4.84. The number of nitrogens with zero attached hydrogens (tertiary/aromatic N) is 3. The number of benzene rings is 1. The van der Waals surface area contributed by atoms with Crippen molar-refractivity contribution in [3.05, 3.63) is 48.2 Å². The van der Waals surface area contributed by atoms with Gasteiger partial charge in [-0.15, -0.1) is 0 Å². The summed E-state index contributed by atoms with van der Waals surface area (Å²) < 4.78 is 43.4. The molecule has 0 saturated carbocycles. The third-order valence-corrected chi connectivity index (χ3v) is 13.4. The van der Waals surface area contributed by atoms with Crippen LogP contribution in [0, 0.1) is 23.7 Å². The highest BCUT2D eigenvalue weighted by molar-refractivity contribution is 5.85. The van der Waals surface area contributed by atoms with Crippen LogP contribution in [-0.4, -0.2) is 144 Å². The standard InChI is InChI=1S/C48H70N4O13/c1-13-36-48(10)40(50-44(56)64-48)29(6)37(53)27(4)25-47(9,65-46(58)59-22-18-19-32-24-33-20-16-17-21-34(33)49-26-32)41(63-43-38(54)35(51(11)12)23-28(5)60-43)30(7)39(31(8)42(55)61-36)62-45(57)52(14-2)15-3/h16-21,24,26-31,35-36,38-41,43,54H,13-15,22-23,25H2,1-12H3,(H,50,56)/t27-,28-,29+,30+,31-,35+,36-,38-,39+,40-,41-,43+,47-,48-/m1/s1. The molecule has 2 amide bonds. The van der Waals surface area contributed by atoms with Crippen LogP contribution in [0.15, 0.2) is 42.6 Å². The zero-order valence-electron chi connectivity index (χ0n) is 40.0. The second-order valence-corrected chi connectivity index (χ2v) is 18.5. The third-order valence-electron chi connectivity index (χ3n) is 13.4. The minimum absolute atomic E-state index is 0.181. The Labute approximate surface area is 382 Å². The number of fused-ring (bicyclic) bond motifs is 2. The van der Waals surface area contributed by atoms with Gasteiger partial charge in [-0.1, -0.05) is 52.0 Å². The van der Waals surface area contributed by atoms with Gasteiger partial charge in [-0.25, -0.2) is 14.4 Å². The number of nitrogens with one attached hydrogen (secondary N) is 1. The van der Waals surface area contributed by atoms with Crippen molar-refractivity contribution in [2.75, 3.05) is 33.8 Å². The summed E-state index contributed by atoms with van der Waals surface area (Å²) in [6.45, 7) is 17.4. The maximum absolute atomic E-state index is 14.7. The number of pyridine rings is 1. The van der Waals surface area contributed by atoms with Gasteiger partial charge < -0.3 is 53.4 Å². The first kappa shape index (κ1) is 51.1. The van der Waals surface area contributed by atoms with E-state index < -0.39 is 102 Å². The molecule has 5 rings (SSSR count). The van der Waals surface area contributed by atoms with Crippen molar-refractivity contribution in [2.45, 2.75) is 149 Å². The first-order valence-corrected chi connectivity index (χ1v) is 22.9. The number of para-hydroxylation sites is 1. The van der Waals surface area contributed by atoms with Gasteiger partial charge in [-0.3, -0.25) is 14.6 Å². The molecule has 3 fully saturated rings. The number of aromatic nitrogens is 1. The fourth-order valence-electron chi connectivity index (χ4n) is 9.81. The third kappa shape index (κ3) is 11.6. The number of Topliss-reactive ketones (excluding diaryl/α,β-unsaturated/α-hetero) is 1. The number of carbonyl (C=O) groups excluding carboxylic acids is 5. The van der Waals surface area contributed by atoms with Crippen LogP contribution in [0.4, 0.5) is 14.4 Å². The van der Waals surface area contributed by atoms with E-state index in [1.807, 2.05) is 56.3 Å². The van der Waals surface area contributed by atoms with Crippen molar-refractivity contribution in [1.29, 1.82) is 0 Å². The quantitative estimate of drug-likeness (QED) is 0.182. The zero-order valence-corrected chi connectivity index (χ0v) is 40.0. The first-order valence-electron chi connectivity index (χ1n) is 22.9. The lowest BCUT2D eigenvalue weighted by molar-refractivity contribution is -0.299. The summed E-state index contributed by atoms with van der Waals surface area (Å²) in [5.74, 6) is -5.08. The van der Waals surface area contributed by atoms with Gasteiger partial charge in [0.05, 0.1) is 23.6 Å². The highest BCUT2D eigenvalue weighted by atomic mass is 16.8. The predicted molar refractivity (Wildman–Crippen MR) is 240 cm³/mol. The number of ether oxygens (including phenoxy) is 7. The minimum Gasteiger partial charge on any atom is -0.458 e. The molecule has 360 valence electrons. The van der Waals surface area contributed by atoms with Gasteiger partial charge in [-0.2, -0.15) is 0 Å². The van der Waals surface area contributed by atoms with E-state index in [2.05, 4.69) is 10.3 Å². The van der Waals surface area contributed by atoms with Crippen LogP contribution in [0.3, 0.4) is 0 Å². The first-order chi connectivity index (χ1) is 30.7. The summed E-state index contributed by atoms with van der Waals surface area (Å²) >= 11 is 0. The molecule has 17 heteroatoms. The van der Waals surface area contributed by atoms with E-state index in [0.717, 1.165) is 16.5 Å². The maximum atomic E-state index is 14.7. The van der Waals surface area contributed by atoms with Crippen molar-refractivity contribution in [1.82, 2.24) is 20.1 Å². The SMILES string of the molecule is CC[C@H]1OC(=O)[C@H](C)[C@@H](OC(=O)N(CC)CC)[C@H](C)[C@@H](O[C@@H]2O[C@H](C)C[C@H](N(C)C)[C@H]2O)[C@](C)(OC(=O)OCC=Cc2cnc3ccccc3c2)C[C@@H](C)C(=O)[C@H](C)[C@H]2NC(=O)O[C@@]21C. The number of carbonyl (C=O) groups is 5. The molecular weight excluding hydrogens is 841 g/mol. The molecular formula is C48H70N4O13. The van der Waals surface area contributed by atoms with E-state index in [-0.39, 0.29) is 31.3 Å². The van der Waals surface area contributed by atoms with E-state index in [1.54, 1.807) is 80.7 Å². The van der Waals surface area contributed by atoms with Gasteiger partial charge in [0.15, 0.2) is 11.9 Å². The Balaban J connectivity index is 1.61. The minimum atomic E-state index is -1.81. The molecule has 4 heterocycles. The number of aliphatic hydroxyl groups is 1. The van der Waals surface area contributed by atoms with Crippen LogP contribution in [0.1, 0.15) is 94.1 Å².